The highest BCUT2D eigenvalue weighted by Gasteiger charge is 2.29. The van der Waals surface area contributed by atoms with E-state index in [-0.39, 0.29) is 20.4 Å². The van der Waals surface area contributed by atoms with Crippen LogP contribution in [0.25, 0.3) is 0 Å². The predicted octanol–water partition coefficient (Wildman–Crippen LogP) is 4.11. The van der Waals surface area contributed by atoms with Crippen molar-refractivity contribution in [3.63, 3.8) is 0 Å². The summed E-state index contributed by atoms with van der Waals surface area (Å²) in [5.74, 6) is -0.521. The molecule has 0 radical (unpaired) electrons. The second kappa shape index (κ2) is 7.95. The van der Waals surface area contributed by atoms with Crippen LogP contribution in [-0.2, 0) is 10.0 Å². The molecule has 0 amide bonds. The third-order valence-corrected chi connectivity index (χ3v) is 7.01. The van der Waals surface area contributed by atoms with Gasteiger partial charge in [0.15, 0.2) is 0 Å². The Morgan fingerprint density at radius 2 is 1.54 bits per heavy atom. The van der Waals surface area contributed by atoms with Crippen molar-refractivity contribution in [2.24, 2.45) is 0 Å². The Balaban J connectivity index is 2.56. The molecule has 0 aromatic heterocycles. The average molecular weight is 480 g/mol. The van der Waals surface area contributed by atoms with E-state index in [1.807, 2.05) is 25.1 Å². The van der Waals surface area contributed by atoms with E-state index in [1.165, 1.54) is 4.31 Å². The first kappa shape index (κ1) is 19.4. The summed E-state index contributed by atoms with van der Waals surface area (Å²) in [6, 6.07) is 11.1. The number of benzene rings is 2. The third kappa shape index (κ3) is 4.36. The van der Waals surface area contributed by atoms with Crippen LogP contribution in [0.2, 0.25) is 0 Å². The van der Waals surface area contributed by atoms with Crippen molar-refractivity contribution in [2.75, 3.05) is 31.5 Å². The lowest BCUT2D eigenvalue weighted by atomic mass is 10.3. The highest BCUT2D eigenvalue weighted by Crippen LogP contribution is 2.35. The van der Waals surface area contributed by atoms with Crippen molar-refractivity contribution in [2.45, 2.75) is 4.90 Å². The van der Waals surface area contributed by atoms with E-state index in [4.69, 9.17) is 0 Å². The van der Waals surface area contributed by atoms with Gasteiger partial charge in [-0.05, 0) is 70.2 Å². The molecule has 0 N–H and O–H groups in total. The van der Waals surface area contributed by atoms with E-state index in [0.717, 1.165) is 12.1 Å². The molecule has 0 saturated carbocycles. The van der Waals surface area contributed by atoms with Gasteiger partial charge in [-0.1, -0.05) is 18.2 Å². The van der Waals surface area contributed by atoms with Gasteiger partial charge in [0, 0.05) is 22.0 Å². The van der Waals surface area contributed by atoms with E-state index in [9.17, 15) is 12.8 Å². The van der Waals surface area contributed by atoms with Gasteiger partial charge in [0.25, 0.3) is 10.0 Å². The zero-order valence-electron chi connectivity index (χ0n) is 13.2. The minimum absolute atomic E-state index is 0.00603. The number of rotatable bonds is 6. The Hall–Kier alpha value is -0.960. The van der Waals surface area contributed by atoms with Crippen LogP contribution in [0, 0.1) is 5.82 Å². The highest BCUT2D eigenvalue weighted by atomic mass is 79.9. The Labute approximate surface area is 158 Å². The molecule has 130 valence electrons. The Morgan fingerprint density at radius 1 is 1.00 bits per heavy atom. The molecule has 0 bridgehead atoms. The normalized spacial score (nSPS) is 11.8. The van der Waals surface area contributed by atoms with E-state index in [1.54, 1.807) is 24.3 Å². The lowest BCUT2D eigenvalue weighted by molar-refractivity contribution is 0.419. The molecule has 0 saturated heterocycles. The number of hydrogen-bond donors (Lipinski definition) is 0. The van der Waals surface area contributed by atoms with Crippen LogP contribution in [-0.4, -0.2) is 40.5 Å². The van der Waals surface area contributed by atoms with Crippen LogP contribution in [0.5, 0.6) is 0 Å². The molecule has 0 atom stereocenters. The Bertz CT molecular complexity index is 791. The molecule has 0 fully saturated rings. The van der Waals surface area contributed by atoms with Gasteiger partial charge in [0.1, 0.15) is 10.7 Å². The predicted molar refractivity (Wildman–Crippen MR) is 101 cm³/mol. The minimum Gasteiger partial charge on any atom is -0.308 e. The maximum absolute atomic E-state index is 13.5. The fourth-order valence-corrected chi connectivity index (χ4v) is 6.07. The maximum atomic E-state index is 13.5. The van der Waals surface area contributed by atoms with Gasteiger partial charge in [0.2, 0.25) is 0 Å². The molecule has 0 spiro atoms. The quantitative estimate of drug-likeness (QED) is 0.626. The van der Waals surface area contributed by atoms with Crippen LogP contribution >= 0.6 is 31.9 Å². The molecule has 24 heavy (non-hydrogen) atoms. The van der Waals surface area contributed by atoms with Crippen molar-refractivity contribution >= 4 is 47.6 Å². The number of para-hydroxylation sites is 1. The number of likely N-dealkylation sites (N-methyl/N-ethyl adjacent to an activating group) is 1. The first-order valence-electron chi connectivity index (χ1n) is 7.10. The molecule has 4 nitrogen and oxygen atoms in total. The van der Waals surface area contributed by atoms with Crippen LogP contribution in [0.1, 0.15) is 0 Å². The van der Waals surface area contributed by atoms with Gasteiger partial charge in [-0.2, -0.15) is 0 Å². The molecule has 0 aliphatic rings. The van der Waals surface area contributed by atoms with Crippen molar-refractivity contribution in [3.05, 3.63) is 57.2 Å². The van der Waals surface area contributed by atoms with Crippen LogP contribution in [0.3, 0.4) is 0 Å². The van der Waals surface area contributed by atoms with Gasteiger partial charge in [-0.3, -0.25) is 4.31 Å². The van der Waals surface area contributed by atoms with E-state index >= 15 is 0 Å². The van der Waals surface area contributed by atoms with Gasteiger partial charge in [-0.25, -0.2) is 12.8 Å². The summed E-state index contributed by atoms with van der Waals surface area (Å²) in [6.07, 6.45) is 0. The number of halogens is 3. The zero-order chi connectivity index (χ0) is 17.9. The fourth-order valence-electron chi connectivity index (χ4n) is 2.16. The van der Waals surface area contributed by atoms with E-state index in [2.05, 4.69) is 31.9 Å². The van der Waals surface area contributed by atoms with Crippen molar-refractivity contribution in [1.29, 1.82) is 0 Å². The summed E-state index contributed by atoms with van der Waals surface area (Å²) in [7, 11) is -0.133. The van der Waals surface area contributed by atoms with Gasteiger partial charge in [-0.15, -0.1) is 0 Å². The Kier molecular flexibility index (Phi) is 6.41. The van der Waals surface area contributed by atoms with E-state index < -0.39 is 15.8 Å². The first-order chi connectivity index (χ1) is 11.2. The van der Waals surface area contributed by atoms with Gasteiger partial charge >= 0.3 is 0 Å². The fraction of sp³-hybridized carbons (Fsp3) is 0.250. The summed E-state index contributed by atoms with van der Waals surface area (Å²) in [6.45, 7) is 0.820. The largest absolute Gasteiger partial charge is 0.308 e. The molecule has 0 aliphatic carbocycles. The molecular formula is C16H17Br2FN2O2S. The second-order valence-electron chi connectivity index (χ2n) is 5.41. The lowest BCUT2D eigenvalue weighted by Crippen LogP contribution is -2.37. The summed E-state index contributed by atoms with van der Waals surface area (Å²) in [5.41, 5.74) is 0.558. The zero-order valence-corrected chi connectivity index (χ0v) is 17.2. The number of sulfonamides is 1. The minimum atomic E-state index is -3.88. The van der Waals surface area contributed by atoms with Crippen LogP contribution in [0.15, 0.2) is 56.3 Å². The van der Waals surface area contributed by atoms with E-state index in [0.29, 0.717) is 12.2 Å². The van der Waals surface area contributed by atoms with Gasteiger partial charge in [0.05, 0.1) is 5.69 Å². The molecular weight excluding hydrogens is 463 g/mol. The molecule has 2 rings (SSSR count). The molecule has 0 unspecified atom stereocenters. The average Bonchev–Trinajstić information content (AvgIpc) is 2.46. The lowest BCUT2D eigenvalue weighted by Gasteiger charge is -2.27. The third-order valence-electron chi connectivity index (χ3n) is 3.31. The molecule has 0 heterocycles. The molecule has 2 aromatic carbocycles. The summed E-state index contributed by atoms with van der Waals surface area (Å²) >= 11 is 6.34. The van der Waals surface area contributed by atoms with Crippen LogP contribution in [0.4, 0.5) is 10.1 Å². The van der Waals surface area contributed by atoms with Crippen molar-refractivity contribution in [3.8, 4) is 0 Å². The summed E-state index contributed by atoms with van der Waals surface area (Å²) < 4.78 is 41.6. The smallest absolute Gasteiger partial charge is 0.266 e. The molecule has 2 aromatic rings. The topological polar surface area (TPSA) is 40.6 Å². The maximum Gasteiger partial charge on any atom is 0.266 e. The molecule has 8 heteroatoms. The standard InChI is InChI=1S/C16H17Br2FN2O2S/c1-20(2)8-9-21(13-6-4-3-5-7-13)24(22,23)16-14(17)10-12(19)11-15(16)18/h3-7,10-11H,8-9H2,1-2H3. The van der Waals surface area contributed by atoms with Crippen LogP contribution < -0.4 is 4.31 Å². The highest BCUT2D eigenvalue weighted by molar-refractivity contribution is 9.11. The number of hydrogen-bond acceptors (Lipinski definition) is 3. The number of anilines is 1. The SMILES string of the molecule is CN(C)CCN(c1ccccc1)S(=O)(=O)c1c(Br)cc(F)cc1Br. The molecule has 0 aliphatic heterocycles. The second-order valence-corrected chi connectivity index (χ2v) is 8.92. The monoisotopic (exact) mass is 478 g/mol. The number of nitrogens with zero attached hydrogens (tertiary/aromatic N) is 2. The first-order valence-corrected chi connectivity index (χ1v) is 10.1. The summed E-state index contributed by atoms with van der Waals surface area (Å²) in [5, 5.41) is 0. The Morgan fingerprint density at radius 3 is 2.04 bits per heavy atom. The summed E-state index contributed by atoms with van der Waals surface area (Å²) in [4.78, 5) is 1.91. The van der Waals surface area contributed by atoms with Crippen molar-refractivity contribution < 1.29 is 12.8 Å². The van der Waals surface area contributed by atoms with Crippen molar-refractivity contribution in [1.82, 2.24) is 4.90 Å². The van der Waals surface area contributed by atoms with Gasteiger partial charge < -0.3 is 4.90 Å².